The molecule has 0 aromatic heterocycles. The van der Waals surface area contributed by atoms with Crippen molar-refractivity contribution in [2.45, 2.75) is 13.3 Å². The molecule has 0 atom stereocenters. The lowest BCUT2D eigenvalue weighted by atomic mass is 10.2. The van der Waals surface area contributed by atoms with E-state index >= 15 is 0 Å². The van der Waals surface area contributed by atoms with Crippen LogP contribution in [0.1, 0.15) is 23.7 Å². The molecule has 0 aliphatic heterocycles. The Balaban J connectivity index is 2.82. The number of carbonyl (C=O) groups is 2. The number of hydrogen-bond donors (Lipinski definition) is 3. The summed E-state index contributed by atoms with van der Waals surface area (Å²) in [7, 11) is 0. The van der Waals surface area contributed by atoms with Gasteiger partial charge in [0, 0.05) is 18.0 Å². The largest absolute Gasteiger partial charge is 0.478 e. The van der Waals surface area contributed by atoms with E-state index in [1.807, 2.05) is 0 Å². The molecule has 1 rings (SSSR count). The van der Waals surface area contributed by atoms with Crippen molar-refractivity contribution in [3.63, 3.8) is 0 Å². The van der Waals surface area contributed by atoms with E-state index in [0.717, 1.165) is 0 Å². The second kappa shape index (κ2) is 7.63. The van der Waals surface area contributed by atoms with Crippen LogP contribution in [0.3, 0.4) is 0 Å². The van der Waals surface area contributed by atoms with E-state index in [4.69, 9.17) is 28.3 Å². The molecular weight excluding hydrogens is 303 g/mol. The normalized spacial score (nSPS) is 9.35. The number of carbonyl (C=O) groups excluding carboxylic acids is 1. The van der Waals surface area contributed by atoms with Gasteiger partial charge in [-0.05, 0) is 19.1 Å². The smallest absolute Gasteiger partial charge is 0.337 e. The average molecular weight is 315 g/mol. The number of aromatic carboxylic acids is 1. The summed E-state index contributed by atoms with van der Waals surface area (Å²) in [6.07, 6.45) is 0.504. The Labute approximate surface area is 126 Å². The van der Waals surface area contributed by atoms with E-state index in [-0.39, 0.29) is 21.3 Å². The number of benzene rings is 1. The molecule has 0 aliphatic rings. The standard InChI is InChI=1S/C13H12Cl2N2O3/c1-2-3-4-5-16-13(20)17-11-9(12(18)19)6-8(14)7-10(11)15/h6-7H,4-5H2,1H3,(H,18,19)(H2,16,17,20). The SMILES string of the molecule is CC#CCCNC(=O)Nc1c(Cl)cc(Cl)cc1C(=O)O. The van der Waals surface area contributed by atoms with Gasteiger partial charge < -0.3 is 15.7 Å². The van der Waals surface area contributed by atoms with Crippen LogP contribution >= 0.6 is 23.2 Å². The molecular formula is C13H12Cl2N2O3. The van der Waals surface area contributed by atoms with Crippen LogP contribution in [0.25, 0.3) is 0 Å². The van der Waals surface area contributed by atoms with Crippen molar-refractivity contribution >= 4 is 40.9 Å². The van der Waals surface area contributed by atoms with Crippen molar-refractivity contribution < 1.29 is 14.7 Å². The van der Waals surface area contributed by atoms with Gasteiger partial charge in [-0.3, -0.25) is 0 Å². The number of carboxylic acid groups (broad SMARTS) is 1. The van der Waals surface area contributed by atoms with Crippen LogP contribution in [-0.4, -0.2) is 23.7 Å². The summed E-state index contributed by atoms with van der Waals surface area (Å²) in [5, 5.41) is 14.2. The van der Waals surface area contributed by atoms with Crippen molar-refractivity contribution in [2.24, 2.45) is 0 Å². The van der Waals surface area contributed by atoms with Gasteiger partial charge in [0.05, 0.1) is 16.3 Å². The Morgan fingerprint density at radius 2 is 2.05 bits per heavy atom. The lowest BCUT2D eigenvalue weighted by molar-refractivity contribution is 0.0698. The van der Waals surface area contributed by atoms with Gasteiger partial charge in [0.15, 0.2) is 0 Å². The van der Waals surface area contributed by atoms with Gasteiger partial charge in [0.1, 0.15) is 0 Å². The number of urea groups is 1. The number of carboxylic acids is 1. The maximum Gasteiger partial charge on any atom is 0.337 e. The second-order valence-electron chi connectivity index (χ2n) is 3.67. The van der Waals surface area contributed by atoms with Gasteiger partial charge in [0.25, 0.3) is 0 Å². The van der Waals surface area contributed by atoms with Gasteiger partial charge in [-0.25, -0.2) is 9.59 Å². The number of halogens is 2. The minimum Gasteiger partial charge on any atom is -0.478 e. The van der Waals surface area contributed by atoms with Crippen LogP contribution in [0.5, 0.6) is 0 Å². The predicted molar refractivity (Wildman–Crippen MR) is 78.5 cm³/mol. The van der Waals surface area contributed by atoms with E-state index in [1.54, 1.807) is 6.92 Å². The Kier molecular flexibility index (Phi) is 6.16. The first-order valence-electron chi connectivity index (χ1n) is 5.62. The molecule has 0 spiro atoms. The fourth-order valence-corrected chi connectivity index (χ4v) is 1.93. The van der Waals surface area contributed by atoms with E-state index < -0.39 is 12.0 Å². The summed E-state index contributed by atoms with van der Waals surface area (Å²) in [6.45, 7) is 2.05. The fourth-order valence-electron chi connectivity index (χ4n) is 1.39. The third-order valence-corrected chi connectivity index (χ3v) is 2.75. The summed E-state index contributed by atoms with van der Waals surface area (Å²) in [5.74, 6) is 4.25. The van der Waals surface area contributed by atoms with Gasteiger partial charge in [-0.15, -0.1) is 11.8 Å². The summed E-state index contributed by atoms with van der Waals surface area (Å²) < 4.78 is 0. The molecule has 20 heavy (non-hydrogen) atoms. The third-order valence-electron chi connectivity index (χ3n) is 2.24. The molecule has 1 aromatic carbocycles. The molecule has 0 bridgehead atoms. The van der Waals surface area contributed by atoms with Gasteiger partial charge in [-0.2, -0.15) is 0 Å². The number of nitrogens with one attached hydrogen (secondary N) is 2. The molecule has 2 amide bonds. The summed E-state index contributed by atoms with van der Waals surface area (Å²) in [4.78, 5) is 22.7. The molecule has 0 aliphatic carbocycles. The molecule has 0 fully saturated rings. The molecule has 0 saturated carbocycles. The topological polar surface area (TPSA) is 78.4 Å². The van der Waals surface area contributed by atoms with Crippen LogP contribution in [0, 0.1) is 11.8 Å². The highest BCUT2D eigenvalue weighted by atomic mass is 35.5. The number of amides is 2. The quantitative estimate of drug-likeness (QED) is 0.589. The maximum atomic E-state index is 11.6. The lowest BCUT2D eigenvalue weighted by Gasteiger charge is -2.11. The maximum absolute atomic E-state index is 11.6. The Morgan fingerprint density at radius 1 is 1.35 bits per heavy atom. The zero-order valence-corrected chi connectivity index (χ0v) is 12.1. The molecule has 3 N–H and O–H groups in total. The van der Waals surface area contributed by atoms with Crippen molar-refractivity contribution in [3.05, 3.63) is 27.7 Å². The Hall–Kier alpha value is -1.90. The highest BCUT2D eigenvalue weighted by molar-refractivity contribution is 6.37. The van der Waals surface area contributed by atoms with Crippen molar-refractivity contribution in [1.82, 2.24) is 5.32 Å². The van der Waals surface area contributed by atoms with Crippen molar-refractivity contribution in [3.8, 4) is 11.8 Å². The van der Waals surface area contributed by atoms with Gasteiger partial charge in [0.2, 0.25) is 0 Å². The van der Waals surface area contributed by atoms with Crippen LogP contribution in [0.2, 0.25) is 10.0 Å². The number of anilines is 1. The predicted octanol–water partition coefficient (Wildman–Crippen LogP) is 3.23. The molecule has 7 heteroatoms. The van der Waals surface area contributed by atoms with Gasteiger partial charge in [-0.1, -0.05) is 23.2 Å². The monoisotopic (exact) mass is 314 g/mol. The molecule has 0 unspecified atom stereocenters. The van der Waals surface area contributed by atoms with Crippen LogP contribution in [-0.2, 0) is 0 Å². The zero-order chi connectivity index (χ0) is 15.1. The van der Waals surface area contributed by atoms with E-state index in [2.05, 4.69) is 22.5 Å². The minimum atomic E-state index is -1.23. The molecule has 0 heterocycles. The fraction of sp³-hybridized carbons (Fsp3) is 0.231. The number of hydrogen-bond acceptors (Lipinski definition) is 2. The molecule has 5 nitrogen and oxygen atoms in total. The first-order chi connectivity index (χ1) is 9.45. The summed E-state index contributed by atoms with van der Waals surface area (Å²) in [5.41, 5.74) is -0.173. The summed E-state index contributed by atoms with van der Waals surface area (Å²) in [6, 6.07) is 2.01. The molecule has 106 valence electrons. The highest BCUT2D eigenvalue weighted by Crippen LogP contribution is 2.30. The van der Waals surface area contributed by atoms with Crippen molar-refractivity contribution in [1.29, 1.82) is 0 Å². The first-order valence-corrected chi connectivity index (χ1v) is 6.38. The van der Waals surface area contributed by atoms with Crippen LogP contribution < -0.4 is 10.6 Å². The van der Waals surface area contributed by atoms with Crippen LogP contribution in [0.15, 0.2) is 12.1 Å². The second-order valence-corrected chi connectivity index (χ2v) is 4.52. The van der Waals surface area contributed by atoms with E-state index in [9.17, 15) is 9.59 Å². The van der Waals surface area contributed by atoms with Crippen LogP contribution in [0.4, 0.5) is 10.5 Å². The van der Waals surface area contributed by atoms with Gasteiger partial charge >= 0.3 is 12.0 Å². The first kappa shape index (κ1) is 16.2. The average Bonchev–Trinajstić information content (AvgIpc) is 2.37. The van der Waals surface area contributed by atoms with E-state index in [1.165, 1.54) is 12.1 Å². The minimum absolute atomic E-state index is 0.00245. The molecule has 0 radical (unpaired) electrons. The highest BCUT2D eigenvalue weighted by Gasteiger charge is 2.17. The molecule has 0 saturated heterocycles. The third kappa shape index (κ3) is 4.65. The van der Waals surface area contributed by atoms with E-state index in [0.29, 0.717) is 13.0 Å². The number of rotatable bonds is 4. The zero-order valence-electron chi connectivity index (χ0n) is 10.6. The lowest BCUT2D eigenvalue weighted by Crippen LogP contribution is -2.30. The molecule has 1 aromatic rings. The Morgan fingerprint density at radius 3 is 2.65 bits per heavy atom. The summed E-state index contributed by atoms with van der Waals surface area (Å²) >= 11 is 11.6. The van der Waals surface area contributed by atoms with Crippen molar-refractivity contribution in [2.75, 3.05) is 11.9 Å². The Bertz CT molecular complexity index is 591.